The van der Waals surface area contributed by atoms with E-state index in [2.05, 4.69) is 58.2 Å². The molecule has 0 unspecified atom stereocenters. The molecule has 2 aliphatic rings. The average molecular weight is 597 g/mol. The number of aromatic amines is 1. The van der Waals surface area contributed by atoms with Crippen molar-refractivity contribution in [2.24, 2.45) is 0 Å². The van der Waals surface area contributed by atoms with E-state index in [1.165, 1.54) is 0 Å². The fourth-order valence-electron chi connectivity index (χ4n) is 6.54. The first kappa shape index (κ1) is 28.0. The van der Waals surface area contributed by atoms with E-state index in [1.54, 1.807) is 17.4 Å². The smallest absolute Gasteiger partial charge is 0.225 e. The number of anilines is 2. The van der Waals surface area contributed by atoms with Crippen molar-refractivity contribution in [3.63, 3.8) is 0 Å². The van der Waals surface area contributed by atoms with Crippen LogP contribution in [-0.2, 0) is 14.3 Å². The van der Waals surface area contributed by atoms with Crippen molar-refractivity contribution in [1.82, 2.24) is 9.88 Å². The number of nitrogens with zero attached hydrogens (tertiary/aromatic N) is 2. The molecule has 2 aliphatic heterocycles. The van der Waals surface area contributed by atoms with E-state index < -0.39 is 0 Å². The van der Waals surface area contributed by atoms with Crippen molar-refractivity contribution in [2.45, 2.75) is 32.5 Å². The quantitative estimate of drug-likeness (QED) is 0.256. The van der Waals surface area contributed by atoms with Crippen LogP contribution in [0.1, 0.15) is 20.3 Å². The molecule has 7 rings (SSSR count). The number of H-pyrrole nitrogens is 1. The zero-order chi connectivity index (χ0) is 29.5. The second-order valence-electron chi connectivity index (χ2n) is 11.6. The lowest BCUT2D eigenvalue weighted by atomic mass is 9.98. The van der Waals surface area contributed by atoms with Crippen LogP contribution in [0.4, 0.5) is 11.5 Å². The molecule has 2 saturated heterocycles. The summed E-state index contributed by atoms with van der Waals surface area (Å²) in [7, 11) is 0. The molecule has 8 nitrogen and oxygen atoms in total. The monoisotopic (exact) mass is 596 g/mol. The van der Waals surface area contributed by atoms with Gasteiger partial charge in [-0.3, -0.25) is 14.5 Å². The molecule has 0 aliphatic carbocycles. The maximum Gasteiger partial charge on any atom is 0.225 e. The van der Waals surface area contributed by atoms with Gasteiger partial charge in [-0.25, -0.2) is 0 Å². The Kier molecular flexibility index (Phi) is 7.65. The summed E-state index contributed by atoms with van der Waals surface area (Å²) >= 11 is 1.71. The number of aromatic nitrogens is 1. The van der Waals surface area contributed by atoms with Gasteiger partial charge in [0.1, 0.15) is 5.82 Å². The van der Waals surface area contributed by atoms with Gasteiger partial charge < -0.3 is 24.7 Å². The van der Waals surface area contributed by atoms with Crippen molar-refractivity contribution in [1.29, 1.82) is 0 Å². The third kappa shape index (κ3) is 5.54. The third-order valence-corrected chi connectivity index (χ3v) is 9.65. The number of nitrogens with one attached hydrogen (secondary N) is 2. The highest BCUT2D eigenvalue weighted by Gasteiger charge is 2.23. The Labute approximate surface area is 254 Å². The first-order valence-electron chi connectivity index (χ1n) is 15.1. The summed E-state index contributed by atoms with van der Waals surface area (Å²) < 4.78 is 13.6. The number of ether oxygens (including phenoxy) is 2. The van der Waals surface area contributed by atoms with Crippen LogP contribution in [0.5, 0.6) is 0 Å². The summed E-state index contributed by atoms with van der Waals surface area (Å²) in [5.74, 6) is 0.814. The maximum atomic E-state index is 13.3. The normalized spacial score (nSPS) is 19.8. The summed E-state index contributed by atoms with van der Waals surface area (Å²) in [6.45, 7) is 9.30. The molecular weight excluding hydrogens is 560 g/mol. The number of fused-ring (bicyclic) bond motifs is 4. The van der Waals surface area contributed by atoms with Gasteiger partial charge in [0.2, 0.25) is 5.91 Å². The number of hydrogen-bond donors (Lipinski definition) is 2. The molecule has 4 heterocycles. The number of amides is 1. The summed E-state index contributed by atoms with van der Waals surface area (Å²) in [5.41, 5.74) is 3.63. The summed E-state index contributed by atoms with van der Waals surface area (Å²) in [5, 5.41) is 6.04. The van der Waals surface area contributed by atoms with E-state index in [1.807, 2.05) is 30.3 Å². The number of pyridine rings is 1. The molecule has 222 valence electrons. The Hall–Kier alpha value is -3.76. The minimum absolute atomic E-state index is 0.000716. The molecule has 1 amide bonds. The molecule has 2 aromatic heterocycles. The Morgan fingerprint density at radius 3 is 2.56 bits per heavy atom. The highest BCUT2D eigenvalue weighted by atomic mass is 32.1. The molecule has 43 heavy (non-hydrogen) atoms. The molecule has 5 aromatic rings. The van der Waals surface area contributed by atoms with Gasteiger partial charge in [-0.15, -0.1) is 11.3 Å². The number of morpholine rings is 2. The Bertz CT molecular complexity index is 1870. The van der Waals surface area contributed by atoms with E-state index in [9.17, 15) is 9.59 Å². The fourth-order valence-corrected chi connectivity index (χ4v) is 7.80. The van der Waals surface area contributed by atoms with Gasteiger partial charge in [-0.05, 0) is 32.0 Å². The SMILES string of the molecule is C[C@@H]1CN(CCC(=O)Nc2ccc(-c3cccc4c(=O)cc(N5CCOCC5)[nH]c34)c3sc4ccccc4c23)C[C@H](C)O1. The van der Waals surface area contributed by atoms with E-state index in [4.69, 9.17) is 9.47 Å². The second kappa shape index (κ2) is 11.7. The molecule has 2 fully saturated rings. The highest BCUT2D eigenvalue weighted by molar-refractivity contribution is 7.26. The van der Waals surface area contributed by atoms with Crippen molar-refractivity contribution < 1.29 is 14.3 Å². The number of hydrogen-bond acceptors (Lipinski definition) is 7. The molecule has 9 heteroatoms. The Morgan fingerprint density at radius 1 is 0.977 bits per heavy atom. The molecule has 0 saturated carbocycles. The van der Waals surface area contributed by atoms with Crippen LogP contribution < -0.4 is 15.6 Å². The number of thiophene rings is 1. The summed E-state index contributed by atoms with van der Waals surface area (Å²) in [6.07, 6.45) is 0.759. The maximum absolute atomic E-state index is 13.3. The first-order valence-corrected chi connectivity index (χ1v) is 15.9. The lowest BCUT2D eigenvalue weighted by Gasteiger charge is -2.35. The standard InChI is InChI=1S/C34H36N4O4S/c1-21-19-37(20-22(2)42-21)13-12-31(40)35-27-11-10-24(34-32(27)26-6-3-4-9-29(26)43-34)23-7-5-8-25-28(39)18-30(36-33(23)25)38-14-16-41-17-15-38/h3-11,18,21-22H,12-17,19-20H2,1-2H3,(H,35,40)(H,36,39)/t21-,22+. The van der Waals surface area contributed by atoms with Gasteiger partial charge >= 0.3 is 0 Å². The predicted octanol–water partition coefficient (Wildman–Crippen LogP) is 5.84. The number of carbonyl (C=O) groups excluding carboxylic acids is 1. The zero-order valence-corrected chi connectivity index (χ0v) is 25.3. The number of benzene rings is 3. The van der Waals surface area contributed by atoms with Crippen LogP contribution in [0, 0.1) is 0 Å². The van der Waals surface area contributed by atoms with Gasteiger partial charge in [0.15, 0.2) is 5.43 Å². The second-order valence-corrected chi connectivity index (χ2v) is 12.7. The van der Waals surface area contributed by atoms with Crippen LogP contribution in [0.3, 0.4) is 0 Å². The van der Waals surface area contributed by atoms with Crippen LogP contribution in [0.15, 0.2) is 65.5 Å². The van der Waals surface area contributed by atoms with Crippen molar-refractivity contribution >= 4 is 59.8 Å². The van der Waals surface area contributed by atoms with E-state index >= 15 is 0 Å². The van der Waals surface area contributed by atoms with Crippen LogP contribution >= 0.6 is 11.3 Å². The van der Waals surface area contributed by atoms with Gasteiger partial charge in [-0.2, -0.15) is 0 Å². The molecule has 2 N–H and O–H groups in total. The minimum Gasteiger partial charge on any atom is -0.378 e. The van der Waals surface area contributed by atoms with Crippen molar-refractivity contribution in [3.05, 3.63) is 70.9 Å². The van der Waals surface area contributed by atoms with E-state index in [-0.39, 0.29) is 23.5 Å². The van der Waals surface area contributed by atoms with Gasteiger partial charge in [0.25, 0.3) is 0 Å². The van der Waals surface area contributed by atoms with Crippen molar-refractivity contribution in [3.8, 4) is 11.1 Å². The predicted molar refractivity (Wildman–Crippen MR) is 176 cm³/mol. The molecule has 3 aromatic carbocycles. The topological polar surface area (TPSA) is 86.9 Å². The number of para-hydroxylation sites is 1. The van der Waals surface area contributed by atoms with E-state index in [0.29, 0.717) is 31.6 Å². The minimum atomic E-state index is -0.00221. The molecule has 0 bridgehead atoms. The third-order valence-electron chi connectivity index (χ3n) is 8.44. The molecular formula is C34H36N4O4S. The zero-order valence-electron chi connectivity index (χ0n) is 24.5. The van der Waals surface area contributed by atoms with Gasteiger partial charge in [-0.1, -0.05) is 36.4 Å². The largest absolute Gasteiger partial charge is 0.378 e. The fraction of sp³-hybridized carbons (Fsp3) is 0.353. The highest BCUT2D eigenvalue weighted by Crippen LogP contribution is 2.44. The van der Waals surface area contributed by atoms with Crippen LogP contribution in [0.25, 0.3) is 42.2 Å². The van der Waals surface area contributed by atoms with Gasteiger partial charge in [0.05, 0.1) is 36.6 Å². The molecule has 0 radical (unpaired) electrons. The molecule has 0 spiro atoms. The number of rotatable bonds is 6. The van der Waals surface area contributed by atoms with Crippen LogP contribution in [-0.4, -0.2) is 73.9 Å². The first-order chi connectivity index (χ1) is 20.9. The lowest BCUT2D eigenvalue weighted by molar-refractivity contribution is -0.117. The van der Waals surface area contributed by atoms with Crippen LogP contribution in [0.2, 0.25) is 0 Å². The average Bonchev–Trinajstić information content (AvgIpc) is 3.40. The van der Waals surface area contributed by atoms with E-state index in [0.717, 1.165) is 74.5 Å². The number of carbonyl (C=O) groups is 1. The summed E-state index contributed by atoms with van der Waals surface area (Å²) in [4.78, 5) is 34.6. The Balaban J connectivity index is 1.27. The Morgan fingerprint density at radius 2 is 1.74 bits per heavy atom. The van der Waals surface area contributed by atoms with Gasteiger partial charge in [0, 0.05) is 81.9 Å². The lowest BCUT2D eigenvalue weighted by Crippen LogP contribution is -2.46. The molecule has 2 atom stereocenters. The van der Waals surface area contributed by atoms with Crippen molar-refractivity contribution in [2.75, 3.05) is 56.2 Å². The summed E-state index contributed by atoms with van der Waals surface area (Å²) in [6, 6.07) is 20.0.